The van der Waals surface area contributed by atoms with Crippen molar-refractivity contribution in [3.05, 3.63) is 41.2 Å². The van der Waals surface area contributed by atoms with Crippen molar-refractivity contribution >= 4 is 38.6 Å². The summed E-state index contributed by atoms with van der Waals surface area (Å²) in [6, 6.07) is 6.69. The smallest absolute Gasteiger partial charge is 0.238 e. The van der Waals surface area contributed by atoms with E-state index in [-0.39, 0.29) is 22.5 Å². The van der Waals surface area contributed by atoms with E-state index >= 15 is 0 Å². The molecule has 0 bridgehead atoms. The molecule has 0 fully saturated rings. The van der Waals surface area contributed by atoms with Crippen molar-refractivity contribution in [1.82, 2.24) is 14.1 Å². The quantitative estimate of drug-likeness (QED) is 0.384. The van der Waals surface area contributed by atoms with E-state index < -0.39 is 10.0 Å². The van der Waals surface area contributed by atoms with Crippen molar-refractivity contribution in [1.29, 1.82) is 0 Å². The number of primary sulfonamides is 1. The minimum atomic E-state index is -3.81. The average molecular weight is 465 g/mol. The number of thioether (sulfide) groups is 1. The zero-order valence-corrected chi connectivity index (χ0v) is 20.0. The van der Waals surface area contributed by atoms with Gasteiger partial charge in [-0.15, -0.1) is 0 Å². The molecular formula is C21H28N4O4S2. The molecule has 1 atom stereocenters. The van der Waals surface area contributed by atoms with Crippen LogP contribution in [0.3, 0.4) is 0 Å². The second kappa shape index (κ2) is 9.15. The highest BCUT2D eigenvalue weighted by Gasteiger charge is 2.20. The van der Waals surface area contributed by atoms with Gasteiger partial charge in [0, 0.05) is 30.6 Å². The molecule has 1 aromatic carbocycles. The lowest BCUT2D eigenvalue weighted by atomic mass is 10.2. The number of rotatable bonds is 9. The first-order valence-corrected chi connectivity index (χ1v) is 12.5. The van der Waals surface area contributed by atoms with Gasteiger partial charge in [0.1, 0.15) is 0 Å². The number of aromatic nitrogens is 3. The SMILES string of the molecule is CCn1c(SCC(=O)c2cc(C)n([C@H](C)COC)c2C)nc2cc(S(N)(=O)=O)ccc21. The number of hydrogen-bond acceptors (Lipinski definition) is 6. The highest BCUT2D eigenvalue weighted by atomic mass is 32.2. The normalized spacial score (nSPS) is 13.1. The fourth-order valence-electron chi connectivity index (χ4n) is 3.94. The van der Waals surface area contributed by atoms with Crippen LogP contribution in [0.1, 0.15) is 41.6 Å². The third-order valence-corrected chi connectivity index (χ3v) is 7.18. The molecule has 3 rings (SSSR count). The van der Waals surface area contributed by atoms with Gasteiger partial charge in [0.2, 0.25) is 10.0 Å². The van der Waals surface area contributed by atoms with Gasteiger partial charge >= 0.3 is 0 Å². The summed E-state index contributed by atoms with van der Waals surface area (Å²) in [6.45, 7) is 9.19. The number of fused-ring (bicyclic) bond motifs is 1. The number of carbonyl (C=O) groups excluding carboxylic acids is 1. The van der Waals surface area contributed by atoms with E-state index in [0.29, 0.717) is 29.4 Å². The third kappa shape index (κ3) is 4.72. The van der Waals surface area contributed by atoms with Crippen molar-refractivity contribution in [2.75, 3.05) is 19.5 Å². The van der Waals surface area contributed by atoms with Crippen LogP contribution in [0.25, 0.3) is 11.0 Å². The molecule has 31 heavy (non-hydrogen) atoms. The first-order chi connectivity index (χ1) is 14.6. The second-order valence-corrected chi connectivity index (χ2v) is 10.0. The van der Waals surface area contributed by atoms with Gasteiger partial charge in [-0.05, 0) is 52.0 Å². The van der Waals surface area contributed by atoms with Crippen LogP contribution in [-0.4, -0.2) is 47.8 Å². The first kappa shape index (κ1) is 23.5. The maximum Gasteiger partial charge on any atom is 0.238 e. The second-order valence-electron chi connectivity index (χ2n) is 7.51. The molecule has 168 valence electrons. The molecule has 0 aliphatic carbocycles. The molecule has 0 amide bonds. The van der Waals surface area contributed by atoms with Gasteiger partial charge in [-0.2, -0.15) is 0 Å². The molecule has 8 nitrogen and oxygen atoms in total. The maximum atomic E-state index is 13.0. The summed E-state index contributed by atoms with van der Waals surface area (Å²) in [5, 5.41) is 5.90. The molecule has 2 heterocycles. The molecule has 0 aliphatic heterocycles. The Morgan fingerprint density at radius 3 is 2.61 bits per heavy atom. The Bertz CT molecular complexity index is 1230. The predicted octanol–water partition coefficient (Wildman–Crippen LogP) is 3.30. The van der Waals surface area contributed by atoms with Crippen LogP contribution in [0.5, 0.6) is 0 Å². The number of benzene rings is 1. The van der Waals surface area contributed by atoms with Crippen molar-refractivity contribution in [3.8, 4) is 0 Å². The zero-order valence-electron chi connectivity index (χ0n) is 18.4. The van der Waals surface area contributed by atoms with Gasteiger partial charge in [0.15, 0.2) is 10.9 Å². The maximum absolute atomic E-state index is 13.0. The van der Waals surface area contributed by atoms with Crippen molar-refractivity contribution < 1.29 is 17.9 Å². The highest BCUT2D eigenvalue weighted by Crippen LogP contribution is 2.28. The summed E-state index contributed by atoms with van der Waals surface area (Å²) in [7, 11) is -2.14. The average Bonchev–Trinajstić information content (AvgIpc) is 3.21. The van der Waals surface area contributed by atoms with Crippen molar-refractivity contribution in [2.45, 2.75) is 50.3 Å². The van der Waals surface area contributed by atoms with E-state index in [0.717, 1.165) is 16.9 Å². The van der Waals surface area contributed by atoms with Crippen LogP contribution >= 0.6 is 11.8 Å². The summed E-state index contributed by atoms with van der Waals surface area (Å²) >= 11 is 1.34. The lowest BCUT2D eigenvalue weighted by Gasteiger charge is -2.17. The largest absolute Gasteiger partial charge is 0.383 e. The van der Waals surface area contributed by atoms with Gasteiger partial charge in [-0.3, -0.25) is 4.79 Å². The fourth-order valence-corrected chi connectivity index (χ4v) is 5.44. The standard InChI is InChI=1S/C21H28N4O4S2/c1-6-24-19-8-7-16(31(22,27)28)10-18(19)23-21(24)30-12-20(26)17-9-13(2)25(15(17)4)14(3)11-29-5/h7-10,14H,6,11-12H2,1-5H3,(H2,22,27,28)/t14-/m1/s1. The first-order valence-electron chi connectivity index (χ1n) is 9.94. The minimum Gasteiger partial charge on any atom is -0.383 e. The van der Waals surface area contributed by atoms with E-state index in [4.69, 9.17) is 9.88 Å². The van der Waals surface area contributed by atoms with E-state index in [1.54, 1.807) is 13.2 Å². The molecule has 0 saturated heterocycles. The van der Waals surface area contributed by atoms with Crippen LogP contribution in [-0.2, 0) is 21.3 Å². The lowest BCUT2D eigenvalue weighted by molar-refractivity contribution is 0.102. The number of carbonyl (C=O) groups is 1. The highest BCUT2D eigenvalue weighted by molar-refractivity contribution is 7.99. The van der Waals surface area contributed by atoms with Crippen molar-refractivity contribution in [2.24, 2.45) is 5.14 Å². The van der Waals surface area contributed by atoms with Crippen LogP contribution in [0.2, 0.25) is 0 Å². The van der Waals surface area contributed by atoms with Gasteiger partial charge < -0.3 is 13.9 Å². The molecule has 0 spiro atoms. The summed E-state index contributed by atoms with van der Waals surface area (Å²) in [4.78, 5) is 17.6. The summed E-state index contributed by atoms with van der Waals surface area (Å²) in [5.74, 6) is 0.253. The Balaban J connectivity index is 1.86. The molecule has 3 aromatic rings. The number of aryl methyl sites for hydroxylation is 2. The number of Topliss-reactive ketones (excluding diaryl/α,β-unsaturated/α-hetero) is 1. The van der Waals surface area contributed by atoms with Gasteiger partial charge in [0.25, 0.3) is 0 Å². The Hall–Kier alpha value is -2.14. The summed E-state index contributed by atoms with van der Waals surface area (Å²) in [6.07, 6.45) is 0. The molecular weight excluding hydrogens is 436 g/mol. The Kier molecular flexibility index (Phi) is 6.95. The Morgan fingerprint density at radius 1 is 1.29 bits per heavy atom. The third-order valence-electron chi connectivity index (χ3n) is 5.30. The summed E-state index contributed by atoms with van der Waals surface area (Å²) in [5.41, 5.74) is 3.98. The zero-order chi connectivity index (χ0) is 22.9. The Labute approximate surface area is 186 Å². The van der Waals surface area contributed by atoms with Crippen LogP contribution < -0.4 is 5.14 Å². The number of nitrogens with two attached hydrogens (primary N) is 1. The number of ether oxygens (including phenoxy) is 1. The fraction of sp³-hybridized carbons (Fsp3) is 0.429. The van der Waals surface area contributed by atoms with Crippen LogP contribution in [0, 0.1) is 13.8 Å². The number of imidazole rings is 1. The topological polar surface area (TPSA) is 109 Å². The molecule has 0 radical (unpaired) electrons. The lowest BCUT2D eigenvalue weighted by Crippen LogP contribution is -2.14. The summed E-state index contributed by atoms with van der Waals surface area (Å²) < 4.78 is 32.6. The van der Waals surface area contributed by atoms with Gasteiger partial charge in [0.05, 0.1) is 34.3 Å². The van der Waals surface area contributed by atoms with E-state index in [2.05, 4.69) is 16.5 Å². The van der Waals surface area contributed by atoms with Gasteiger partial charge in [-0.1, -0.05) is 11.8 Å². The number of methoxy groups -OCH3 is 1. The minimum absolute atomic E-state index is 0.0194. The van der Waals surface area contributed by atoms with E-state index in [1.165, 1.54) is 23.9 Å². The van der Waals surface area contributed by atoms with Crippen molar-refractivity contribution in [3.63, 3.8) is 0 Å². The van der Waals surface area contributed by atoms with E-state index in [1.807, 2.05) is 31.4 Å². The molecule has 2 N–H and O–H groups in total. The molecule has 0 saturated carbocycles. The van der Waals surface area contributed by atoms with E-state index in [9.17, 15) is 13.2 Å². The van der Waals surface area contributed by atoms with Crippen LogP contribution in [0.4, 0.5) is 0 Å². The number of nitrogens with zero attached hydrogens (tertiary/aromatic N) is 3. The molecule has 2 aromatic heterocycles. The van der Waals surface area contributed by atoms with Gasteiger partial charge in [-0.25, -0.2) is 18.5 Å². The van der Waals surface area contributed by atoms with Crippen LogP contribution in [0.15, 0.2) is 34.3 Å². The number of hydrogen-bond donors (Lipinski definition) is 1. The molecule has 0 unspecified atom stereocenters. The number of sulfonamides is 1. The monoisotopic (exact) mass is 464 g/mol. The Morgan fingerprint density at radius 2 is 2.00 bits per heavy atom. The predicted molar refractivity (Wildman–Crippen MR) is 122 cm³/mol. The molecule has 10 heteroatoms. The molecule has 0 aliphatic rings. The number of ketones is 1.